The maximum atomic E-state index is 13.1. The Morgan fingerprint density at radius 2 is 2.16 bits per heavy atom. The molecule has 0 bridgehead atoms. The summed E-state index contributed by atoms with van der Waals surface area (Å²) in [6.45, 7) is 6.85. The predicted molar refractivity (Wildman–Crippen MR) is 119 cm³/mol. The average molecular weight is 428 g/mol. The van der Waals surface area contributed by atoms with Gasteiger partial charge in [-0.3, -0.25) is 4.79 Å². The summed E-state index contributed by atoms with van der Waals surface area (Å²) in [6, 6.07) is 5.32. The molecule has 1 saturated carbocycles. The van der Waals surface area contributed by atoms with Gasteiger partial charge in [0.1, 0.15) is 11.3 Å². The van der Waals surface area contributed by atoms with E-state index in [9.17, 15) is 14.7 Å². The number of nitrogens with zero attached hydrogens (tertiary/aromatic N) is 1. The molecular weight excluding hydrogens is 394 g/mol. The molecule has 2 aromatic rings. The summed E-state index contributed by atoms with van der Waals surface area (Å²) in [5.74, 6) is 0.643. The lowest BCUT2D eigenvalue weighted by Crippen LogP contribution is -2.56. The molecule has 0 spiro atoms. The van der Waals surface area contributed by atoms with Crippen LogP contribution in [0.15, 0.2) is 27.4 Å². The number of piperidine rings is 1. The minimum atomic E-state index is -0.656. The van der Waals surface area contributed by atoms with Crippen molar-refractivity contribution in [3.05, 3.63) is 39.7 Å². The zero-order chi connectivity index (χ0) is 22.2. The molecule has 2 heterocycles. The van der Waals surface area contributed by atoms with Crippen molar-refractivity contribution >= 4 is 16.9 Å². The second-order valence-electron chi connectivity index (χ2n) is 9.25. The molecule has 2 fully saturated rings. The van der Waals surface area contributed by atoms with Gasteiger partial charge in [0.15, 0.2) is 6.10 Å². The molecule has 1 aromatic carbocycles. The first-order valence-corrected chi connectivity index (χ1v) is 11.6. The number of likely N-dealkylation sites (tertiary alicyclic amines) is 1. The zero-order valence-corrected chi connectivity index (χ0v) is 18.8. The molecule has 6 heteroatoms. The van der Waals surface area contributed by atoms with Gasteiger partial charge < -0.3 is 19.2 Å². The Bertz CT molecular complexity index is 1030. The van der Waals surface area contributed by atoms with Crippen LogP contribution in [0.25, 0.3) is 11.0 Å². The van der Waals surface area contributed by atoms with E-state index in [-0.39, 0.29) is 17.5 Å². The molecule has 6 nitrogen and oxygen atoms in total. The number of aliphatic hydroxyl groups is 1. The van der Waals surface area contributed by atoms with E-state index in [0.29, 0.717) is 30.8 Å². The van der Waals surface area contributed by atoms with Crippen molar-refractivity contribution in [1.29, 1.82) is 0 Å². The van der Waals surface area contributed by atoms with Gasteiger partial charge in [-0.15, -0.1) is 0 Å². The lowest BCUT2D eigenvalue weighted by molar-refractivity contribution is -0.149. The van der Waals surface area contributed by atoms with Gasteiger partial charge >= 0.3 is 5.63 Å². The molecule has 1 saturated heterocycles. The molecular formula is C25H33NO5. The second-order valence-corrected chi connectivity index (χ2v) is 9.25. The van der Waals surface area contributed by atoms with E-state index in [4.69, 9.17) is 9.15 Å². The molecule has 0 unspecified atom stereocenters. The van der Waals surface area contributed by atoms with Crippen LogP contribution in [0.4, 0.5) is 0 Å². The molecule has 4 rings (SSSR count). The predicted octanol–water partition coefficient (Wildman–Crippen LogP) is 3.97. The van der Waals surface area contributed by atoms with Crippen molar-refractivity contribution in [3.63, 3.8) is 0 Å². The summed E-state index contributed by atoms with van der Waals surface area (Å²) in [4.78, 5) is 27.0. The van der Waals surface area contributed by atoms with Crippen molar-refractivity contribution in [3.8, 4) is 5.75 Å². The molecule has 3 atom stereocenters. The van der Waals surface area contributed by atoms with Gasteiger partial charge in [-0.05, 0) is 57.2 Å². The highest BCUT2D eigenvalue weighted by Gasteiger charge is 2.44. The maximum Gasteiger partial charge on any atom is 0.336 e. The number of carbonyl (C=O) groups excluding carboxylic acids is 1. The smallest absolute Gasteiger partial charge is 0.336 e. The molecule has 168 valence electrons. The SMILES string of the molecule is CCCc1cc(=O)oc2c(C)c(O[C@H](C)C(=O)N3CC[C@]4(O)CCCC[C@@H]4C3)ccc12. The van der Waals surface area contributed by atoms with Crippen molar-refractivity contribution in [2.45, 2.75) is 77.4 Å². The van der Waals surface area contributed by atoms with Gasteiger partial charge in [0, 0.05) is 36.0 Å². The second kappa shape index (κ2) is 8.65. The Morgan fingerprint density at radius 3 is 2.94 bits per heavy atom. The van der Waals surface area contributed by atoms with Crippen LogP contribution in [0.5, 0.6) is 5.75 Å². The van der Waals surface area contributed by atoms with E-state index in [0.717, 1.165) is 55.0 Å². The first kappa shape index (κ1) is 21.9. The van der Waals surface area contributed by atoms with Crippen molar-refractivity contribution < 1.29 is 19.1 Å². The van der Waals surface area contributed by atoms with E-state index >= 15 is 0 Å². The van der Waals surface area contributed by atoms with Gasteiger partial charge in [-0.25, -0.2) is 4.79 Å². The Morgan fingerprint density at radius 1 is 1.35 bits per heavy atom. The Kier molecular flexibility index (Phi) is 6.11. The van der Waals surface area contributed by atoms with Crippen LogP contribution >= 0.6 is 0 Å². The summed E-state index contributed by atoms with van der Waals surface area (Å²) in [5.41, 5.74) is 1.25. The molecule has 1 amide bonds. The topological polar surface area (TPSA) is 80.0 Å². The third-order valence-corrected chi connectivity index (χ3v) is 7.11. The normalized spacial score (nSPS) is 24.6. The average Bonchev–Trinajstić information content (AvgIpc) is 2.75. The number of carbonyl (C=O) groups is 1. The van der Waals surface area contributed by atoms with Crippen LogP contribution < -0.4 is 10.4 Å². The zero-order valence-electron chi connectivity index (χ0n) is 18.8. The third-order valence-electron chi connectivity index (χ3n) is 7.11. The number of hydrogen-bond donors (Lipinski definition) is 1. The minimum Gasteiger partial charge on any atom is -0.480 e. The van der Waals surface area contributed by atoms with E-state index in [1.165, 1.54) is 0 Å². The van der Waals surface area contributed by atoms with Crippen LogP contribution in [0, 0.1) is 12.8 Å². The van der Waals surface area contributed by atoms with Crippen LogP contribution in [0.3, 0.4) is 0 Å². The van der Waals surface area contributed by atoms with E-state index in [1.807, 2.05) is 24.0 Å². The summed E-state index contributed by atoms with van der Waals surface area (Å²) in [5, 5.41) is 11.8. The molecule has 31 heavy (non-hydrogen) atoms. The monoisotopic (exact) mass is 427 g/mol. The van der Waals surface area contributed by atoms with Gasteiger partial charge in [0.05, 0.1) is 5.60 Å². The standard InChI is InChI=1S/C25H33NO5/c1-4-7-18-14-22(27)31-23-16(2)21(10-9-20(18)23)30-17(3)24(28)26-13-12-25(29)11-6-5-8-19(25)15-26/h9-10,14,17,19,29H,4-8,11-13,15H2,1-3H3/t17-,19-,25-/m1/s1. The first-order valence-electron chi connectivity index (χ1n) is 11.6. The van der Waals surface area contributed by atoms with Crippen LogP contribution in [-0.2, 0) is 11.2 Å². The van der Waals surface area contributed by atoms with Crippen molar-refractivity contribution in [1.82, 2.24) is 4.90 Å². The summed E-state index contributed by atoms with van der Waals surface area (Å²) in [7, 11) is 0. The van der Waals surface area contributed by atoms with Crippen molar-refractivity contribution in [2.24, 2.45) is 5.92 Å². The highest BCUT2D eigenvalue weighted by Crippen LogP contribution is 2.40. The fraction of sp³-hybridized carbons (Fsp3) is 0.600. The number of aryl methyl sites for hydroxylation is 2. The molecule has 1 N–H and O–H groups in total. The van der Waals surface area contributed by atoms with Gasteiger partial charge in [0.25, 0.3) is 5.91 Å². The molecule has 0 radical (unpaired) electrons. The summed E-state index contributed by atoms with van der Waals surface area (Å²) >= 11 is 0. The Balaban J connectivity index is 1.51. The largest absolute Gasteiger partial charge is 0.480 e. The van der Waals surface area contributed by atoms with Gasteiger partial charge in [-0.1, -0.05) is 26.2 Å². The van der Waals surface area contributed by atoms with E-state index in [2.05, 4.69) is 6.92 Å². The number of fused-ring (bicyclic) bond motifs is 2. The van der Waals surface area contributed by atoms with Crippen molar-refractivity contribution in [2.75, 3.05) is 13.1 Å². The number of amides is 1. The highest BCUT2D eigenvalue weighted by molar-refractivity contribution is 5.85. The Labute approximate surface area is 183 Å². The third kappa shape index (κ3) is 4.22. The lowest BCUT2D eigenvalue weighted by atomic mass is 9.71. The molecule has 1 aliphatic heterocycles. The molecule has 1 aliphatic carbocycles. The van der Waals surface area contributed by atoms with Crippen LogP contribution in [-0.4, -0.2) is 40.7 Å². The van der Waals surface area contributed by atoms with Crippen LogP contribution in [0.1, 0.15) is 63.5 Å². The molecule has 1 aromatic heterocycles. The Hall–Kier alpha value is -2.34. The molecule has 2 aliphatic rings. The maximum absolute atomic E-state index is 13.1. The highest BCUT2D eigenvalue weighted by atomic mass is 16.5. The summed E-state index contributed by atoms with van der Waals surface area (Å²) < 4.78 is 11.5. The quantitative estimate of drug-likeness (QED) is 0.730. The van der Waals surface area contributed by atoms with E-state index in [1.54, 1.807) is 13.0 Å². The number of ether oxygens (including phenoxy) is 1. The van der Waals surface area contributed by atoms with Gasteiger partial charge in [0.2, 0.25) is 0 Å². The lowest BCUT2D eigenvalue weighted by Gasteiger charge is -2.47. The number of hydrogen-bond acceptors (Lipinski definition) is 5. The summed E-state index contributed by atoms with van der Waals surface area (Å²) in [6.07, 6.45) is 5.71. The number of benzene rings is 1. The minimum absolute atomic E-state index is 0.0618. The van der Waals surface area contributed by atoms with Gasteiger partial charge in [-0.2, -0.15) is 0 Å². The fourth-order valence-corrected chi connectivity index (χ4v) is 5.28. The van der Waals surface area contributed by atoms with E-state index < -0.39 is 11.7 Å². The fourth-order valence-electron chi connectivity index (χ4n) is 5.28. The number of rotatable bonds is 5. The first-order chi connectivity index (χ1) is 14.8. The van der Waals surface area contributed by atoms with Crippen LogP contribution in [0.2, 0.25) is 0 Å².